The van der Waals surface area contributed by atoms with Gasteiger partial charge in [0.2, 0.25) is 5.91 Å². The highest BCUT2D eigenvalue weighted by atomic mass is 32.1. The number of aromatic nitrogens is 3. The Balaban J connectivity index is 1.85. The zero-order valence-corrected chi connectivity index (χ0v) is 12.7. The minimum atomic E-state index is 0.0490. The van der Waals surface area contributed by atoms with E-state index in [9.17, 15) is 4.79 Å². The molecule has 108 valence electrons. The van der Waals surface area contributed by atoms with Crippen LogP contribution in [0, 0.1) is 5.92 Å². The molecule has 0 unspecified atom stereocenters. The van der Waals surface area contributed by atoms with E-state index in [0.717, 1.165) is 27.3 Å². The lowest BCUT2D eigenvalue weighted by atomic mass is 10.1. The first-order chi connectivity index (χ1) is 10.1. The summed E-state index contributed by atoms with van der Waals surface area (Å²) in [6.07, 6.45) is 3.92. The van der Waals surface area contributed by atoms with Gasteiger partial charge in [-0.1, -0.05) is 13.8 Å². The number of anilines is 1. The van der Waals surface area contributed by atoms with Gasteiger partial charge in [0, 0.05) is 28.9 Å². The molecule has 2 N–H and O–H groups in total. The average molecular weight is 300 g/mol. The molecule has 0 aliphatic rings. The van der Waals surface area contributed by atoms with Gasteiger partial charge in [0.05, 0.1) is 10.7 Å². The Labute approximate surface area is 126 Å². The highest BCUT2D eigenvalue weighted by molar-refractivity contribution is 7.14. The second-order valence-electron chi connectivity index (χ2n) is 5.31. The molecule has 3 heterocycles. The van der Waals surface area contributed by atoms with Crippen molar-refractivity contribution in [3.8, 4) is 11.3 Å². The zero-order chi connectivity index (χ0) is 14.8. The zero-order valence-electron chi connectivity index (χ0n) is 11.9. The first kappa shape index (κ1) is 13.8. The number of aromatic amines is 1. The number of hydrogen-bond donors (Lipinski definition) is 2. The minimum Gasteiger partial charge on any atom is -0.346 e. The highest BCUT2D eigenvalue weighted by Gasteiger charge is 2.11. The third kappa shape index (κ3) is 2.95. The average Bonchev–Trinajstić information content (AvgIpc) is 3.05. The smallest absolute Gasteiger partial charge is 0.225 e. The standard InChI is InChI=1S/C15H16N4OS/c1-9(2)5-12(20)19-13-6-10(7-21-13)14-11-3-4-16-15(11)18-8-17-14/h3-4,6-9H,5H2,1-2H3,(H,19,20)(H,16,17,18). The lowest BCUT2D eigenvalue weighted by Crippen LogP contribution is -2.12. The molecule has 0 saturated carbocycles. The van der Waals surface area contributed by atoms with Crippen molar-refractivity contribution >= 4 is 33.3 Å². The summed E-state index contributed by atoms with van der Waals surface area (Å²) in [5.41, 5.74) is 2.69. The van der Waals surface area contributed by atoms with E-state index in [2.05, 4.69) is 20.3 Å². The van der Waals surface area contributed by atoms with Gasteiger partial charge >= 0.3 is 0 Å². The first-order valence-corrected chi connectivity index (χ1v) is 7.68. The number of nitrogens with zero attached hydrogens (tertiary/aromatic N) is 2. The maximum absolute atomic E-state index is 11.8. The monoisotopic (exact) mass is 300 g/mol. The van der Waals surface area contributed by atoms with Gasteiger partial charge in [-0.3, -0.25) is 4.79 Å². The number of fused-ring (bicyclic) bond motifs is 1. The number of nitrogens with one attached hydrogen (secondary N) is 2. The van der Waals surface area contributed by atoms with Gasteiger partial charge in [-0.2, -0.15) is 0 Å². The van der Waals surface area contributed by atoms with Crippen molar-refractivity contribution in [2.75, 3.05) is 5.32 Å². The Morgan fingerprint density at radius 1 is 1.43 bits per heavy atom. The summed E-state index contributed by atoms with van der Waals surface area (Å²) in [5, 5.41) is 6.76. The Morgan fingerprint density at radius 3 is 3.10 bits per heavy atom. The van der Waals surface area contributed by atoms with Gasteiger partial charge in [-0.25, -0.2) is 9.97 Å². The van der Waals surface area contributed by atoms with Crippen molar-refractivity contribution in [2.45, 2.75) is 20.3 Å². The SMILES string of the molecule is CC(C)CC(=O)Nc1cc(-c2ncnc3[nH]ccc23)cs1. The summed E-state index contributed by atoms with van der Waals surface area (Å²) >= 11 is 1.51. The van der Waals surface area contributed by atoms with Crippen molar-refractivity contribution in [1.29, 1.82) is 0 Å². The summed E-state index contributed by atoms with van der Waals surface area (Å²) in [5.74, 6) is 0.402. The maximum atomic E-state index is 11.8. The molecule has 3 rings (SSSR count). The largest absolute Gasteiger partial charge is 0.346 e. The molecule has 0 aromatic carbocycles. The quantitative estimate of drug-likeness (QED) is 0.772. The van der Waals surface area contributed by atoms with Crippen molar-refractivity contribution in [3.63, 3.8) is 0 Å². The molecule has 0 aliphatic heterocycles. The van der Waals surface area contributed by atoms with Gasteiger partial charge < -0.3 is 10.3 Å². The highest BCUT2D eigenvalue weighted by Crippen LogP contribution is 2.31. The van der Waals surface area contributed by atoms with Gasteiger partial charge in [-0.15, -0.1) is 11.3 Å². The molecule has 0 spiro atoms. The number of H-pyrrole nitrogens is 1. The molecule has 0 bridgehead atoms. The predicted molar refractivity (Wildman–Crippen MR) is 85.3 cm³/mol. The third-order valence-corrected chi connectivity index (χ3v) is 3.93. The Morgan fingerprint density at radius 2 is 2.29 bits per heavy atom. The van der Waals surface area contributed by atoms with E-state index >= 15 is 0 Å². The number of amides is 1. The Bertz CT molecular complexity index is 775. The molecule has 1 amide bonds. The summed E-state index contributed by atoms with van der Waals surface area (Å²) in [4.78, 5) is 23.4. The molecular formula is C15H16N4OS. The maximum Gasteiger partial charge on any atom is 0.225 e. The van der Waals surface area contributed by atoms with Crippen molar-refractivity contribution in [1.82, 2.24) is 15.0 Å². The van der Waals surface area contributed by atoms with E-state index in [1.165, 1.54) is 11.3 Å². The fraction of sp³-hybridized carbons (Fsp3) is 0.267. The van der Waals surface area contributed by atoms with Crippen LogP contribution in [0.2, 0.25) is 0 Å². The lowest BCUT2D eigenvalue weighted by molar-refractivity contribution is -0.116. The molecule has 0 aliphatic carbocycles. The number of carbonyl (C=O) groups excluding carboxylic acids is 1. The van der Waals surface area contributed by atoms with Gasteiger partial charge in [0.1, 0.15) is 12.0 Å². The van der Waals surface area contributed by atoms with E-state index in [1.807, 2.05) is 37.6 Å². The van der Waals surface area contributed by atoms with Crippen LogP contribution in [0.15, 0.2) is 30.0 Å². The number of hydrogen-bond acceptors (Lipinski definition) is 4. The van der Waals surface area contributed by atoms with E-state index < -0.39 is 0 Å². The molecule has 3 aromatic rings. The third-order valence-electron chi connectivity index (χ3n) is 3.08. The Hall–Kier alpha value is -2.21. The first-order valence-electron chi connectivity index (χ1n) is 6.80. The molecule has 6 heteroatoms. The second-order valence-corrected chi connectivity index (χ2v) is 6.22. The molecule has 21 heavy (non-hydrogen) atoms. The number of rotatable bonds is 4. The molecule has 3 aromatic heterocycles. The molecule has 0 radical (unpaired) electrons. The van der Waals surface area contributed by atoms with Crippen molar-refractivity contribution in [3.05, 3.63) is 30.0 Å². The number of thiophene rings is 1. The molecule has 0 fully saturated rings. The van der Waals surface area contributed by atoms with E-state index in [-0.39, 0.29) is 5.91 Å². The predicted octanol–water partition coefficient (Wildman–Crippen LogP) is 3.67. The van der Waals surface area contributed by atoms with E-state index in [4.69, 9.17) is 0 Å². The van der Waals surface area contributed by atoms with Crippen LogP contribution >= 0.6 is 11.3 Å². The molecule has 5 nitrogen and oxygen atoms in total. The van der Waals surface area contributed by atoms with Crippen LogP contribution in [-0.4, -0.2) is 20.9 Å². The van der Waals surface area contributed by atoms with Crippen LogP contribution in [0.1, 0.15) is 20.3 Å². The summed E-state index contributed by atoms with van der Waals surface area (Å²) in [6.45, 7) is 4.06. The van der Waals surface area contributed by atoms with E-state index in [1.54, 1.807) is 6.33 Å². The summed E-state index contributed by atoms with van der Waals surface area (Å²) in [6, 6.07) is 3.91. The van der Waals surface area contributed by atoms with Crippen LogP contribution in [-0.2, 0) is 4.79 Å². The topological polar surface area (TPSA) is 70.7 Å². The van der Waals surface area contributed by atoms with Gasteiger partial charge in [-0.05, 0) is 18.1 Å². The van der Waals surface area contributed by atoms with Crippen LogP contribution < -0.4 is 5.32 Å². The molecule has 0 atom stereocenters. The summed E-state index contributed by atoms with van der Waals surface area (Å²) < 4.78 is 0. The normalized spacial score (nSPS) is 11.2. The Kier molecular flexibility index (Phi) is 3.70. The van der Waals surface area contributed by atoms with Gasteiger partial charge in [0.25, 0.3) is 0 Å². The second kappa shape index (κ2) is 5.65. The fourth-order valence-corrected chi connectivity index (χ4v) is 2.99. The van der Waals surface area contributed by atoms with Crippen molar-refractivity contribution in [2.24, 2.45) is 5.92 Å². The van der Waals surface area contributed by atoms with Gasteiger partial charge in [0.15, 0.2) is 0 Å². The fourth-order valence-electron chi connectivity index (χ4n) is 2.19. The summed E-state index contributed by atoms with van der Waals surface area (Å²) in [7, 11) is 0. The van der Waals surface area contributed by atoms with Crippen LogP contribution in [0.3, 0.4) is 0 Å². The van der Waals surface area contributed by atoms with Crippen LogP contribution in [0.4, 0.5) is 5.00 Å². The minimum absolute atomic E-state index is 0.0490. The van der Waals surface area contributed by atoms with Crippen molar-refractivity contribution < 1.29 is 4.79 Å². The molecular weight excluding hydrogens is 284 g/mol. The lowest BCUT2D eigenvalue weighted by Gasteiger charge is -2.04. The van der Waals surface area contributed by atoms with E-state index in [0.29, 0.717) is 12.3 Å². The van der Waals surface area contributed by atoms with Crippen LogP contribution in [0.25, 0.3) is 22.3 Å². The van der Waals surface area contributed by atoms with Crippen LogP contribution in [0.5, 0.6) is 0 Å². The molecule has 0 saturated heterocycles. The number of carbonyl (C=O) groups is 1.